The van der Waals surface area contributed by atoms with Crippen LogP contribution in [-0.2, 0) is 6.18 Å². The molecule has 0 bridgehead atoms. The van der Waals surface area contributed by atoms with Crippen LogP contribution in [0.2, 0.25) is 0 Å². The quantitative estimate of drug-likeness (QED) is 0.736. The van der Waals surface area contributed by atoms with Crippen molar-refractivity contribution in [2.24, 2.45) is 0 Å². The fraction of sp³-hybridized carbons (Fsp3) is 0.222. The summed E-state index contributed by atoms with van der Waals surface area (Å²) >= 11 is 0. The first kappa shape index (κ1) is 9.82. The minimum absolute atomic E-state index is 0.125. The molecule has 80 valence electrons. The van der Waals surface area contributed by atoms with Crippen molar-refractivity contribution in [2.75, 3.05) is 0 Å². The van der Waals surface area contributed by atoms with Crippen molar-refractivity contribution in [2.45, 2.75) is 13.1 Å². The predicted octanol–water partition coefficient (Wildman–Crippen LogP) is 2.45. The molecule has 0 atom stereocenters. The van der Waals surface area contributed by atoms with Crippen molar-refractivity contribution in [1.82, 2.24) is 4.98 Å². The van der Waals surface area contributed by atoms with Gasteiger partial charge < -0.3 is 4.42 Å². The van der Waals surface area contributed by atoms with Gasteiger partial charge in [0, 0.05) is 6.07 Å². The predicted molar refractivity (Wildman–Crippen MR) is 46.6 cm³/mol. The van der Waals surface area contributed by atoms with Crippen LogP contribution in [0.5, 0.6) is 0 Å². The normalized spacial score (nSPS) is 12.3. The second kappa shape index (κ2) is 2.88. The summed E-state index contributed by atoms with van der Waals surface area (Å²) in [5.41, 5.74) is -1.95. The van der Waals surface area contributed by atoms with Crippen molar-refractivity contribution in [3.05, 3.63) is 33.8 Å². The number of aromatic amines is 1. The third-order valence-corrected chi connectivity index (χ3v) is 1.96. The molecule has 6 heteroatoms. The lowest BCUT2D eigenvalue weighted by Gasteiger charge is -2.05. The summed E-state index contributed by atoms with van der Waals surface area (Å²) in [4.78, 5) is 13.1. The maximum atomic E-state index is 12.5. The summed E-state index contributed by atoms with van der Waals surface area (Å²) in [7, 11) is 0. The summed E-state index contributed by atoms with van der Waals surface area (Å²) in [6, 6.07) is 1.77. The highest BCUT2D eigenvalue weighted by Crippen LogP contribution is 2.34. The lowest BCUT2D eigenvalue weighted by molar-refractivity contribution is -0.136. The molecule has 0 radical (unpaired) electrons. The Labute approximate surface area is 81.5 Å². The van der Waals surface area contributed by atoms with Gasteiger partial charge in [0.15, 0.2) is 0 Å². The first-order valence-corrected chi connectivity index (χ1v) is 4.08. The molecule has 0 spiro atoms. The highest BCUT2D eigenvalue weighted by atomic mass is 19.4. The third kappa shape index (κ3) is 1.62. The van der Waals surface area contributed by atoms with E-state index < -0.39 is 17.3 Å². The van der Waals surface area contributed by atoms with E-state index in [1.54, 1.807) is 0 Å². The van der Waals surface area contributed by atoms with Gasteiger partial charge in [-0.05, 0) is 13.0 Å². The monoisotopic (exact) mass is 217 g/mol. The first-order chi connectivity index (χ1) is 6.88. The minimum atomic E-state index is -4.55. The molecule has 2 aromatic rings. The van der Waals surface area contributed by atoms with E-state index in [0.717, 1.165) is 0 Å². The molecule has 0 saturated heterocycles. The zero-order valence-electron chi connectivity index (χ0n) is 7.61. The Morgan fingerprint density at radius 2 is 2.00 bits per heavy atom. The zero-order chi connectivity index (χ0) is 11.2. The standard InChI is InChI=1S/C9H6F3NO2/c1-4-2-5-6(9(10,11)12)3-7(14)13-8(5)15-4/h2-3H,1H3,(H,13,14). The number of aryl methyl sites for hydroxylation is 1. The lowest BCUT2D eigenvalue weighted by atomic mass is 10.2. The van der Waals surface area contributed by atoms with Crippen molar-refractivity contribution >= 4 is 11.1 Å². The van der Waals surface area contributed by atoms with E-state index in [1.165, 1.54) is 13.0 Å². The Morgan fingerprint density at radius 1 is 1.33 bits per heavy atom. The average Bonchev–Trinajstić information content (AvgIpc) is 2.41. The highest BCUT2D eigenvalue weighted by molar-refractivity contribution is 5.78. The number of furan rings is 1. The Balaban J connectivity index is 2.88. The molecular weight excluding hydrogens is 211 g/mol. The minimum Gasteiger partial charge on any atom is -0.445 e. The zero-order valence-corrected chi connectivity index (χ0v) is 7.61. The maximum absolute atomic E-state index is 12.5. The second-order valence-electron chi connectivity index (χ2n) is 3.14. The van der Waals surface area contributed by atoms with Crippen molar-refractivity contribution in [3.63, 3.8) is 0 Å². The van der Waals surface area contributed by atoms with Gasteiger partial charge in [-0.2, -0.15) is 13.2 Å². The fourth-order valence-corrected chi connectivity index (χ4v) is 1.40. The molecule has 2 heterocycles. The number of fused-ring (bicyclic) bond motifs is 1. The summed E-state index contributed by atoms with van der Waals surface area (Å²) in [6.45, 7) is 1.51. The van der Waals surface area contributed by atoms with E-state index >= 15 is 0 Å². The molecule has 15 heavy (non-hydrogen) atoms. The number of pyridine rings is 1. The van der Waals surface area contributed by atoms with Gasteiger partial charge in [0.1, 0.15) is 5.76 Å². The smallest absolute Gasteiger partial charge is 0.417 e. The molecule has 0 aromatic carbocycles. The van der Waals surface area contributed by atoms with Crippen LogP contribution in [0.3, 0.4) is 0 Å². The third-order valence-electron chi connectivity index (χ3n) is 1.96. The van der Waals surface area contributed by atoms with Crippen LogP contribution in [0.1, 0.15) is 11.3 Å². The number of alkyl halides is 3. The van der Waals surface area contributed by atoms with Crippen LogP contribution in [-0.4, -0.2) is 4.98 Å². The Morgan fingerprint density at radius 3 is 2.60 bits per heavy atom. The van der Waals surface area contributed by atoms with Gasteiger partial charge in [-0.25, -0.2) is 0 Å². The summed E-state index contributed by atoms with van der Waals surface area (Å²) in [5, 5.41) is -0.125. The largest absolute Gasteiger partial charge is 0.445 e. The van der Waals surface area contributed by atoms with E-state index in [0.29, 0.717) is 11.8 Å². The molecule has 0 fully saturated rings. The van der Waals surface area contributed by atoms with Gasteiger partial charge >= 0.3 is 6.18 Å². The molecule has 2 aromatic heterocycles. The molecule has 0 saturated carbocycles. The van der Waals surface area contributed by atoms with E-state index in [1.807, 2.05) is 0 Å². The average molecular weight is 217 g/mol. The van der Waals surface area contributed by atoms with Crippen LogP contribution in [0.15, 0.2) is 21.3 Å². The topological polar surface area (TPSA) is 46.0 Å². The first-order valence-electron chi connectivity index (χ1n) is 4.08. The number of halogens is 3. The van der Waals surface area contributed by atoms with Gasteiger partial charge in [0.2, 0.25) is 5.71 Å². The van der Waals surface area contributed by atoms with Gasteiger partial charge in [0.25, 0.3) is 5.56 Å². The fourth-order valence-electron chi connectivity index (χ4n) is 1.40. The highest BCUT2D eigenvalue weighted by Gasteiger charge is 2.34. The number of aromatic nitrogens is 1. The molecule has 1 N–H and O–H groups in total. The molecule has 0 aliphatic rings. The summed E-state index contributed by atoms with van der Waals surface area (Å²) in [5.74, 6) is 0.317. The van der Waals surface area contributed by atoms with E-state index in [9.17, 15) is 18.0 Å². The summed E-state index contributed by atoms with van der Waals surface area (Å²) in [6.07, 6.45) is -4.55. The van der Waals surface area contributed by atoms with Crippen LogP contribution >= 0.6 is 0 Å². The van der Waals surface area contributed by atoms with Gasteiger partial charge in [0.05, 0.1) is 10.9 Å². The molecule has 0 aliphatic carbocycles. The second-order valence-corrected chi connectivity index (χ2v) is 3.14. The van der Waals surface area contributed by atoms with Crippen LogP contribution in [0.4, 0.5) is 13.2 Å². The van der Waals surface area contributed by atoms with Gasteiger partial charge in [-0.1, -0.05) is 0 Å². The molecule has 0 amide bonds. The van der Waals surface area contributed by atoms with Crippen molar-refractivity contribution in [3.8, 4) is 0 Å². The molecular formula is C9H6F3NO2. The molecule has 0 unspecified atom stereocenters. The summed E-state index contributed by atoms with van der Waals surface area (Å²) < 4.78 is 42.5. The number of rotatable bonds is 0. The van der Waals surface area contributed by atoms with Crippen LogP contribution in [0, 0.1) is 6.92 Å². The van der Waals surface area contributed by atoms with Crippen LogP contribution in [0.25, 0.3) is 11.1 Å². The number of nitrogens with one attached hydrogen (secondary N) is 1. The Hall–Kier alpha value is -1.72. The van der Waals surface area contributed by atoms with Gasteiger partial charge in [-0.3, -0.25) is 9.78 Å². The SMILES string of the molecule is Cc1cc2c(C(F)(F)F)cc(=O)[nH]c2o1. The Bertz CT molecular complexity index is 565. The molecule has 2 rings (SSSR count). The molecule has 0 aliphatic heterocycles. The number of hydrogen-bond acceptors (Lipinski definition) is 2. The van der Waals surface area contributed by atoms with Crippen LogP contribution < -0.4 is 5.56 Å². The lowest BCUT2D eigenvalue weighted by Crippen LogP contribution is -2.12. The maximum Gasteiger partial charge on any atom is 0.417 e. The number of H-pyrrole nitrogens is 1. The van der Waals surface area contributed by atoms with E-state index in [2.05, 4.69) is 4.98 Å². The van der Waals surface area contributed by atoms with Gasteiger partial charge in [-0.15, -0.1) is 0 Å². The van der Waals surface area contributed by atoms with E-state index in [-0.39, 0.29) is 11.1 Å². The van der Waals surface area contributed by atoms with Crippen molar-refractivity contribution < 1.29 is 17.6 Å². The molecule has 3 nitrogen and oxygen atoms in total. The Kier molecular flexibility index (Phi) is 1.89. The van der Waals surface area contributed by atoms with E-state index in [4.69, 9.17) is 4.42 Å². The van der Waals surface area contributed by atoms with Crippen molar-refractivity contribution in [1.29, 1.82) is 0 Å². The number of hydrogen-bond donors (Lipinski definition) is 1.